The minimum atomic E-state index is 0.997. The van der Waals surface area contributed by atoms with Gasteiger partial charge < -0.3 is 0 Å². The van der Waals surface area contributed by atoms with E-state index in [1.54, 1.807) is 6.42 Å². The fourth-order valence-electron chi connectivity index (χ4n) is 4.65. The Morgan fingerprint density at radius 2 is 2.00 bits per heavy atom. The van der Waals surface area contributed by atoms with Crippen LogP contribution in [-0.2, 0) is 0 Å². The molecule has 6 unspecified atom stereocenters. The van der Waals surface area contributed by atoms with Gasteiger partial charge >= 0.3 is 0 Å². The predicted molar refractivity (Wildman–Crippen MR) is 69.1 cm³/mol. The number of hydrogen-bond donors (Lipinski definition) is 0. The SMILES string of the molecule is CCC/C=C\C1C2CC3C(C12)C3[C@H](C)CC. The lowest BCUT2D eigenvalue weighted by molar-refractivity contribution is 0.407. The van der Waals surface area contributed by atoms with Crippen molar-refractivity contribution in [3.8, 4) is 0 Å². The first-order valence-corrected chi connectivity index (χ1v) is 7.46. The van der Waals surface area contributed by atoms with Crippen molar-refractivity contribution >= 4 is 0 Å². The maximum atomic E-state index is 2.56. The molecule has 0 amide bonds. The van der Waals surface area contributed by atoms with Gasteiger partial charge in [0, 0.05) is 0 Å². The smallest absolute Gasteiger partial charge is 0.0168 e. The maximum Gasteiger partial charge on any atom is -0.0168 e. The van der Waals surface area contributed by atoms with Crippen molar-refractivity contribution < 1.29 is 0 Å². The summed E-state index contributed by atoms with van der Waals surface area (Å²) in [6.07, 6.45) is 10.6. The summed E-state index contributed by atoms with van der Waals surface area (Å²) >= 11 is 0. The van der Waals surface area contributed by atoms with Crippen LogP contribution in [-0.4, -0.2) is 0 Å². The molecular formula is C16H26. The summed E-state index contributed by atoms with van der Waals surface area (Å²) in [4.78, 5) is 0. The molecule has 0 heterocycles. The number of unbranched alkanes of at least 4 members (excludes halogenated alkanes) is 1. The van der Waals surface area contributed by atoms with E-state index in [0.29, 0.717) is 0 Å². The Labute approximate surface area is 101 Å². The van der Waals surface area contributed by atoms with Gasteiger partial charge in [0.1, 0.15) is 0 Å². The molecule has 16 heavy (non-hydrogen) atoms. The number of allylic oxidation sites excluding steroid dienone is 2. The lowest BCUT2D eigenvalue weighted by atomic mass is 9.97. The third-order valence-corrected chi connectivity index (χ3v) is 5.69. The molecule has 3 aliphatic carbocycles. The van der Waals surface area contributed by atoms with Crippen molar-refractivity contribution in [3.63, 3.8) is 0 Å². The largest absolute Gasteiger partial charge is 0.0882 e. The molecule has 0 aromatic carbocycles. The summed E-state index contributed by atoms with van der Waals surface area (Å²) < 4.78 is 0. The van der Waals surface area contributed by atoms with Crippen molar-refractivity contribution in [2.24, 2.45) is 41.4 Å². The lowest BCUT2D eigenvalue weighted by Gasteiger charge is -2.08. The van der Waals surface area contributed by atoms with Crippen LogP contribution in [0, 0.1) is 41.4 Å². The topological polar surface area (TPSA) is 0 Å². The summed E-state index contributed by atoms with van der Waals surface area (Å²) in [5, 5.41) is 0. The van der Waals surface area contributed by atoms with Crippen LogP contribution in [0.5, 0.6) is 0 Å². The Bertz CT molecular complexity index is 290. The third kappa shape index (κ3) is 1.49. The monoisotopic (exact) mass is 218 g/mol. The molecule has 3 fully saturated rings. The molecule has 3 saturated carbocycles. The fraction of sp³-hybridized carbons (Fsp3) is 0.875. The number of hydrogen-bond acceptors (Lipinski definition) is 0. The normalized spacial score (nSPS) is 50.2. The first-order chi connectivity index (χ1) is 7.79. The zero-order valence-electron chi connectivity index (χ0n) is 11.0. The highest BCUT2D eigenvalue weighted by molar-refractivity contribution is 5.24. The lowest BCUT2D eigenvalue weighted by Crippen LogP contribution is -2.01. The summed E-state index contributed by atoms with van der Waals surface area (Å²) in [7, 11) is 0. The molecule has 0 radical (unpaired) electrons. The first-order valence-electron chi connectivity index (χ1n) is 7.46. The molecule has 0 saturated heterocycles. The Balaban J connectivity index is 1.53. The van der Waals surface area contributed by atoms with Gasteiger partial charge in [0.25, 0.3) is 0 Å². The maximum absolute atomic E-state index is 2.56. The highest BCUT2D eigenvalue weighted by atomic mass is 14.8. The number of rotatable bonds is 5. The summed E-state index contributed by atoms with van der Waals surface area (Å²) in [6, 6.07) is 0. The minimum Gasteiger partial charge on any atom is -0.0882 e. The van der Waals surface area contributed by atoms with Gasteiger partial charge in [-0.3, -0.25) is 0 Å². The van der Waals surface area contributed by atoms with E-state index < -0.39 is 0 Å². The van der Waals surface area contributed by atoms with Crippen LogP contribution < -0.4 is 0 Å². The second-order valence-corrected chi connectivity index (χ2v) is 6.48. The van der Waals surface area contributed by atoms with Crippen molar-refractivity contribution in [3.05, 3.63) is 12.2 Å². The average molecular weight is 218 g/mol. The highest BCUT2D eigenvalue weighted by Crippen LogP contribution is 2.77. The second-order valence-electron chi connectivity index (χ2n) is 6.48. The quantitative estimate of drug-likeness (QED) is 0.595. The van der Waals surface area contributed by atoms with E-state index in [2.05, 4.69) is 32.9 Å². The van der Waals surface area contributed by atoms with Crippen LogP contribution in [0.25, 0.3) is 0 Å². The molecule has 0 spiro atoms. The molecule has 3 rings (SSSR count). The molecule has 3 aliphatic rings. The minimum absolute atomic E-state index is 0.997. The Morgan fingerprint density at radius 3 is 2.69 bits per heavy atom. The van der Waals surface area contributed by atoms with Gasteiger partial charge in [-0.15, -0.1) is 0 Å². The van der Waals surface area contributed by atoms with Crippen LogP contribution in [0.2, 0.25) is 0 Å². The molecule has 0 N–H and O–H groups in total. The number of fused-ring (bicyclic) bond motifs is 3. The summed E-state index contributed by atoms with van der Waals surface area (Å²) in [6.45, 7) is 7.11. The fourth-order valence-corrected chi connectivity index (χ4v) is 4.65. The summed E-state index contributed by atoms with van der Waals surface area (Å²) in [5.74, 6) is 7.66. The van der Waals surface area contributed by atoms with Crippen LogP contribution in [0.3, 0.4) is 0 Å². The Morgan fingerprint density at radius 1 is 1.19 bits per heavy atom. The van der Waals surface area contributed by atoms with Gasteiger partial charge in [-0.1, -0.05) is 45.8 Å². The molecule has 7 atom stereocenters. The van der Waals surface area contributed by atoms with E-state index in [-0.39, 0.29) is 0 Å². The van der Waals surface area contributed by atoms with E-state index in [4.69, 9.17) is 0 Å². The van der Waals surface area contributed by atoms with Gasteiger partial charge in [-0.05, 0) is 54.3 Å². The summed E-state index contributed by atoms with van der Waals surface area (Å²) in [5.41, 5.74) is 0. The van der Waals surface area contributed by atoms with E-state index in [1.807, 2.05) is 0 Å². The van der Waals surface area contributed by atoms with Gasteiger partial charge in [-0.2, -0.15) is 0 Å². The molecule has 0 bridgehead atoms. The van der Waals surface area contributed by atoms with E-state index in [9.17, 15) is 0 Å². The van der Waals surface area contributed by atoms with Crippen molar-refractivity contribution in [2.75, 3.05) is 0 Å². The van der Waals surface area contributed by atoms with E-state index >= 15 is 0 Å². The molecule has 0 heteroatoms. The van der Waals surface area contributed by atoms with Gasteiger partial charge in [0.2, 0.25) is 0 Å². The molecule has 0 aromatic heterocycles. The standard InChI is InChI=1S/C16H26/c1-4-6-7-8-11-12-9-13-14(10(3)5-2)16(13)15(11)12/h7-8,10-16H,4-6,9H2,1-3H3/b8-7-/t10-,11?,12?,13?,14?,15?,16?/m1/s1. The zero-order valence-corrected chi connectivity index (χ0v) is 11.0. The molecule has 90 valence electrons. The van der Waals surface area contributed by atoms with Crippen molar-refractivity contribution in [1.29, 1.82) is 0 Å². The van der Waals surface area contributed by atoms with Gasteiger partial charge in [-0.25, -0.2) is 0 Å². The zero-order chi connectivity index (χ0) is 11.3. The van der Waals surface area contributed by atoms with Crippen LogP contribution in [0.1, 0.15) is 46.5 Å². The molecular weight excluding hydrogens is 192 g/mol. The van der Waals surface area contributed by atoms with E-state index in [1.165, 1.54) is 19.3 Å². The first kappa shape index (κ1) is 10.9. The third-order valence-electron chi connectivity index (χ3n) is 5.69. The van der Waals surface area contributed by atoms with Gasteiger partial charge in [0.15, 0.2) is 0 Å². The molecule has 0 nitrogen and oxygen atoms in total. The highest BCUT2D eigenvalue weighted by Gasteiger charge is 2.72. The predicted octanol–water partition coefficient (Wildman–Crippen LogP) is 4.52. The van der Waals surface area contributed by atoms with Crippen molar-refractivity contribution in [2.45, 2.75) is 46.5 Å². The average Bonchev–Trinajstić information content (AvgIpc) is 3.14. The van der Waals surface area contributed by atoms with Crippen LogP contribution >= 0.6 is 0 Å². The molecule has 0 aliphatic heterocycles. The van der Waals surface area contributed by atoms with Crippen LogP contribution in [0.15, 0.2) is 12.2 Å². The second kappa shape index (κ2) is 3.89. The Hall–Kier alpha value is -0.260. The van der Waals surface area contributed by atoms with Crippen molar-refractivity contribution in [1.82, 2.24) is 0 Å². The molecule has 0 aromatic rings. The Kier molecular flexibility index (Phi) is 2.64. The van der Waals surface area contributed by atoms with E-state index in [0.717, 1.165) is 41.4 Å². The van der Waals surface area contributed by atoms with Crippen LogP contribution in [0.4, 0.5) is 0 Å². The van der Waals surface area contributed by atoms with Gasteiger partial charge in [0.05, 0.1) is 0 Å².